The van der Waals surface area contributed by atoms with Gasteiger partial charge in [0.25, 0.3) is 0 Å². The molecule has 9 heteroatoms. The fraction of sp³-hybridized carbons (Fsp3) is 0.364. The zero-order valence-corrected chi connectivity index (χ0v) is 19.1. The van der Waals surface area contributed by atoms with E-state index in [1.54, 1.807) is 35.2 Å². The fourth-order valence-electron chi connectivity index (χ4n) is 3.45. The van der Waals surface area contributed by atoms with Crippen LogP contribution in [0, 0.1) is 13.8 Å². The van der Waals surface area contributed by atoms with E-state index >= 15 is 0 Å². The van der Waals surface area contributed by atoms with Gasteiger partial charge in [0, 0.05) is 38.4 Å². The minimum atomic E-state index is -3.88. The van der Waals surface area contributed by atoms with E-state index in [9.17, 15) is 18.0 Å². The molecule has 1 N–H and O–H groups in total. The number of benzene rings is 2. The summed E-state index contributed by atoms with van der Waals surface area (Å²) >= 11 is 0. The molecule has 2 amide bonds. The molecule has 1 aliphatic rings. The van der Waals surface area contributed by atoms with Gasteiger partial charge in [-0.05, 0) is 61.7 Å². The monoisotopic (exact) mass is 444 g/mol. The number of nitrogens with one attached hydrogen (secondary N) is 1. The van der Waals surface area contributed by atoms with Gasteiger partial charge in [0.2, 0.25) is 11.8 Å². The average molecular weight is 445 g/mol. The van der Waals surface area contributed by atoms with Crippen molar-refractivity contribution >= 4 is 39.1 Å². The molecule has 1 saturated heterocycles. The lowest BCUT2D eigenvalue weighted by atomic mass is 10.1. The van der Waals surface area contributed by atoms with Crippen LogP contribution in [-0.2, 0) is 19.8 Å². The number of hydrogen-bond acceptors (Lipinski definition) is 4. The molecule has 0 spiro atoms. The second-order valence-corrected chi connectivity index (χ2v) is 9.90. The molecule has 31 heavy (non-hydrogen) atoms. The molecular formula is C22H28N4O4S. The highest BCUT2D eigenvalue weighted by atomic mass is 32.2. The molecule has 0 unspecified atom stereocenters. The summed E-state index contributed by atoms with van der Waals surface area (Å²) in [5, 5.41) is 2.75. The fourth-order valence-corrected chi connectivity index (χ4v) is 4.57. The van der Waals surface area contributed by atoms with Crippen LogP contribution in [0.25, 0.3) is 0 Å². The zero-order valence-electron chi connectivity index (χ0n) is 18.3. The van der Waals surface area contributed by atoms with E-state index in [0.717, 1.165) is 31.8 Å². The van der Waals surface area contributed by atoms with Crippen LogP contribution in [0.2, 0.25) is 0 Å². The Balaban J connectivity index is 1.79. The highest BCUT2D eigenvalue weighted by Crippen LogP contribution is 2.26. The van der Waals surface area contributed by atoms with Crippen LogP contribution in [0.4, 0.5) is 17.1 Å². The topological polar surface area (TPSA) is 90.0 Å². The highest BCUT2D eigenvalue weighted by molar-refractivity contribution is 7.90. The van der Waals surface area contributed by atoms with Crippen molar-refractivity contribution in [3.05, 3.63) is 53.6 Å². The number of carbonyl (C=O) groups is 2. The quantitative estimate of drug-likeness (QED) is 0.711. The van der Waals surface area contributed by atoms with Crippen LogP contribution < -0.4 is 14.5 Å². The molecule has 166 valence electrons. The van der Waals surface area contributed by atoms with E-state index in [1.165, 1.54) is 14.1 Å². The van der Waals surface area contributed by atoms with Crippen molar-refractivity contribution in [3.8, 4) is 0 Å². The first-order valence-corrected chi connectivity index (χ1v) is 11.5. The molecule has 0 saturated carbocycles. The van der Waals surface area contributed by atoms with E-state index in [-0.39, 0.29) is 12.5 Å². The zero-order chi connectivity index (χ0) is 22.8. The van der Waals surface area contributed by atoms with Crippen LogP contribution in [0.1, 0.15) is 24.0 Å². The molecule has 2 aromatic rings. The van der Waals surface area contributed by atoms with Crippen molar-refractivity contribution in [2.75, 3.05) is 41.7 Å². The minimum absolute atomic E-state index is 0.0924. The molecule has 0 aromatic heterocycles. The predicted octanol–water partition coefficient (Wildman–Crippen LogP) is 2.68. The molecule has 1 aliphatic heterocycles. The molecule has 0 aliphatic carbocycles. The Hall–Kier alpha value is -2.91. The Labute approximate surface area is 183 Å². The van der Waals surface area contributed by atoms with Crippen LogP contribution in [0.3, 0.4) is 0 Å². The van der Waals surface area contributed by atoms with Crippen molar-refractivity contribution in [3.63, 3.8) is 0 Å². The maximum atomic E-state index is 12.9. The van der Waals surface area contributed by atoms with Gasteiger partial charge >= 0.3 is 10.2 Å². The van der Waals surface area contributed by atoms with Gasteiger partial charge in [-0.1, -0.05) is 12.1 Å². The number of anilines is 3. The summed E-state index contributed by atoms with van der Waals surface area (Å²) in [6, 6.07) is 12.5. The summed E-state index contributed by atoms with van der Waals surface area (Å²) in [4.78, 5) is 26.4. The molecule has 8 nitrogen and oxygen atoms in total. The van der Waals surface area contributed by atoms with E-state index in [1.807, 2.05) is 26.0 Å². The van der Waals surface area contributed by atoms with Gasteiger partial charge in [-0.3, -0.25) is 9.59 Å². The highest BCUT2D eigenvalue weighted by Gasteiger charge is 2.28. The molecule has 1 fully saturated rings. The van der Waals surface area contributed by atoms with E-state index in [4.69, 9.17) is 0 Å². The molecular weight excluding hydrogens is 416 g/mol. The third kappa shape index (κ3) is 5.05. The smallest absolute Gasteiger partial charge is 0.304 e. The number of rotatable bonds is 7. The van der Waals surface area contributed by atoms with Crippen LogP contribution in [0.5, 0.6) is 0 Å². The summed E-state index contributed by atoms with van der Waals surface area (Å²) in [5.41, 5.74) is 3.43. The first-order valence-electron chi connectivity index (χ1n) is 10.1. The number of hydrogen-bond donors (Lipinski definition) is 1. The summed E-state index contributed by atoms with van der Waals surface area (Å²) in [5.74, 6) is -0.369. The Morgan fingerprint density at radius 3 is 2.35 bits per heavy atom. The molecule has 0 radical (unpaired) electrons. The van der Waals surface area contributed by atoms with Crippen molar-refractivity contribution in [2.24, 2.45) is 0 Å². The van der Waals surface area contributed by atoms with Crippen molar-refractivity contribution < 1.29 is 18.0 Å². The summed E-state index contributed by atoms with van der Waals surface area (Å²) < 4.78 is 28.1. The van der Waals surface area contributed by atoms with Crippen LogP contribution in [-0.4, -0.2) is 51.7 Å². The molecule has 1 heterocycles. The Kier molecular flexibility index (Phi) is 6.66. The van der Waals surface area contributed by atoms with Gasteiger partial charge in [0.05, 0.1) is 5.69 Å². The first kappa shape index (κ1) is 22.8. The van der Waals surface area contributed by atoms with Crippen LogP contribution >= 0.6 is 0 Å². The summed E-state index contributed by atoms with van der Waals surface area (Å²) in [6.07, 6.45) is 1.39. The molecule has 2 aromatic carbocycles. The number of carbonyl (C=O) groups excluding carboxylic acids is 2. The lowest BCUT2D eigenvalue weighted by molar-refractivity contribution is -0.117. The third-order valence-corrected chi connectivity index (χ3v) is 7.00. The van der Waals surface area contributed by atoms with Crippen molar-refractivity contribution in [2.45, 2.75) is 26.7 Å². The van der Waals surface area contributed by atoms with Gasteiger partial charge in [0.15, 0.2) is 0 Å². The average Bonchev–Trinajstić information content (AvgIpc) is 3.14. The Morgan fingerprint density at radius 1 is 1.10 bits per heavy atom. The van der Waals surface area contributed by atoms with Gasteiger partial charge in [-0.15, -0.1) is 0 Å². The maximum absolute atomic E-state index is 12.9. The standard InChI is InChI=1S/C22H28N4O4S/c1-16-7-8-17(2)20(14-16)26(31(29,30)24(3)4)15-21(27)23-18-9-11-19(12-10-18)25-13-5-6-22(25)28/h7-12,14H,5-6,13,15H2,1-4H3,(H,23,27). The Morgan fingerprint density at radius 2 is 1.77 bits per heavy atom. The second kappa shape index (κ2) is 9.07. The molecule has 0 bridgehead atoms. The van der Waals surface area contributed by atoms with Crippen molar-refractivity contribution in [1.82, 2.24) is 4.31 Å². The largest absolute Gasteiger partial charge is 0.325 e. The lowest BCUT2D eigenvalue weighted by Gasteiger charge is -2.28. The van der Waals surface area contributed by atoms with E-state index in [0.29, 0.717) is 24.3 Å². The first-order chi connectivity index (χ1) is 14.6. The maximum Gasteiger partial charge on any atom is 0.304 e. The number of amides is 2. The molecule has 0 atom stereocenters. The second-order valence-electron chi connectivity index (χ2n) is 7.83. The van der Waals surface area contributed by atoms with E-state index in [2.05, 4.69) is 5.32 Å². The van der Waals surface area contributed by atoms with E-state index < -0.39 is 16.1 Å². The minimum Gasteiger partial charge on any atom is -0.325 e. The Bertz CT molecular complexity index is 1080. The van der Waals surface area contributed by atoms with Gasteiger partial charge in [-0.25, -0.2) is 4.31 Å². The normalized spacial score (nSPS) is 14.2. The molecule has 3 rings (SSSR count). The van der Waals surface area contributed by atoms with Gasteiger partial charge < -0.3 is 10.2 Å². The SMILES string of the molecule is Cc1ccc(C)c(N(CC(=O)Nc2ccc(N3CCCC3=O)cc2)S(=O)(=O)N(C)C)c1. The van der Waals surface area contributed by atoms with Crippen molar-refractivity contribution in [1.29, 1.82) is 0 Å². The third-order valence-electron chi connectivity index (χ3n) is 5.20. The predicted molar refractivity (Wildman–Crippen MR) is 123 cm³/mol. The lowest BCUT2D eigenvalue weighted by Crippen LogP contribution is -2.44. The summed E-state index contributed by atoms with van der Waals surface area (Å²) in [6.45, 7) is 4.01. The van der Waals surface area contributed by atoms with Gasteiger partial charge in [0.1, 0.15) is 6.54 Å². The van der Waals surface area contributed by atoms with Gasteiger partial charge in [-0.2, -0.15) is 12.7 Å². The van der Waals surface area contributed by atoms with Crippen LogP contribution in [0.15, 0.2) is 42.5 Å². The number of aryl methyl sites for hydroxylation is 2. The number of nitrogens with zero attached hydrogens (tertiary/aromatic N) is 3. The summed E-state index contributed by atoms with van der Waals surface area (Å²) in [7, 11) is -1.01.